The highest BCUT2D eigenvalue weighted by Gasteiger charge is 2.17. The molecule has 0 amide bonds. The van der Waals surface area contributed by atoms with Gasteiger partial charge in [-0.2, -0.15) is 0 Å². The van der Waals surface area contributed by atoms with Gasteiger partial charge < -0.3 is 9.73 Å². The Morgan fingerprint density at radius 1 is 1.19 bits per heavy atom. The summed E-state index contributed by atoms with van der Waals surface area (Å²) in [4.78, 5) is 0. The lowest BCUT2D eigenvalue weighted by molar-refractivity contribution is 0.442. The zero-order chi connectivity index (χ0) is 14.8. The maximum atomic E-state index is 13.7. The van der Waals surface area contributed by atoms with E-state index in [9.17, 15) is 4.39 Å². The minimum absolute atomic E-state index is 0.0586. The van der Waals surface area contributed by atoms with Crippen LogP contribution in [-0.2, 0) is 6.42 Å². The lowest BCUT2D eigenvalue weighted by Crippen LogP contribution is -2.18. The van der Waals surface area contributed by atoms with Crippen molar-refractivity contribution in [3.8, 4) is 0 Å². The van der Waals surface area contributed by atoms with Gasteiger partial charge in [-0.1, -0.05) is 41.9 Å². The normalized spacial score (nSPS) is 12.7. The molecule has 1 heterocycles. The van der Waals surface area contributed by atoms with Crippen molar-refractivity contribution in [3.63, 3.8) is 0 Å². The van der Waals surface area contributed by atoms with Crippen molar-refractivity contribution in [1.82, 2.24) is 5.32 Å². The number of rotatable bonds is 4. The molecule has 1 N–H and O–H groups in total. The van der Waals surface area contributed by atoms with Crippen LogP contribution in [0.4, 0.5) is 4.39 Å². The van der Waals surface area contributed by atoms with Crippen LogP contribution in [0.25, 0.3) is 11.0 Å². The molecule has 21 heavy (non-hydrogen) atoms. The van der Waals surface area contributed by atoms with E-state index in [0.717, 1.165) is 16.0 Å². The molecule has 1 unspecified atom stereocenters. The fraction of sp³-hybridized carbons (Fsp3) is 0.176. The van der Waals surface area contributed by atoms with E-state index in [1.165, 1.54) is 6.07 Å². The van der Waals surface area contributed by atoms with Crippen molar-refractivity contribution < 1.29 is 8.81 Å². The number of nitrogens with one attached hydrogen (secondary N) is 1. The van der Waals surface area contributed by atoms with Crippen molar-refractivity contribution in [1.29, 1.82) is 0 Å². The second kappa shape index (κ2) is 5.88. The van der Waals surface area contributed by atoms with Crippen LogP contribution in [0.3, 0.4) is 0 Å². The molecule has 0 aliphatic carbocycles. The Hall–Kier alpha value is -1.84. The summed E-state index contributed by atoms with van der Waals surface area (Å²) < 4.78 is 19.4. The van der Waals surface area contributed by atoms with Gasteiger partial charge >= 0.3 is 0 Å². The fourth-order valence-corrected chi connectivity index (χ4v) is 2.66. The third kappa shape index (κ3) is 2.80. The summed E-state index contributed by atoms with van der Waals surface area (Å²) >= 11 is 6.20. The molecule has 0 aliphatic heterocycles. The van der Waals surface area contributed by atoms with Gasteiger partial charge in [0.05, 0.1) is 6.04 Å². The van der Waals surface area contributed by atoms with Crippen molar-refractivity contribution in [2.45, 2.75) is 12.5 Å². The van der Waals surface area contributed by atoms with Gasteiger partial charge in [-0.3, -0.25) is 0 Å². The predicted molar refractivity (Wildman–Crippen MR) is 83.1 cm³/mol. The molecule has 4 heteroatoms. The Labute approximate surface area is 127 Å². The maximum absolute atomic E-state index is 13.7. The van der Waals surface area contributed by atoms with Crippen LogP contribution in [0.15, 0.2) is 52.9 Å². The number of furan rings is 1. The highest BCUT2D eigenvalue weighted by Crippen LogP contribution is 2.29. The number of para-hydroxylation sites is 1. The first-order valence-electron chi connectivity index (χ1n) is 6.77. The second-order valence-electron chi connectivity index (χ2n) is 4.94. The van der Waals surface area contributed by atoms with E-state index in [2.05, 4.69) is 5.32 Å². The minimum atomic E-state index is -0.341. The molecule has 3 rings (SSSR count). The zero-order valence-electron chi connectivity index (χ0n) is 11.6. The van der Waals surface area contributed by atoms with Crippen LogP contribution in [0.2, 0.25) is 5.02 Å². The van der Waals surface area contributed by atoms with Gasteiger partial charge in [0.2, 0.25) is 0 Å². The molecule has 0 spiro atoms. The van der Waals surface area contributed by atoms with Crippen LogP contribution in [0.1, 0.15) is 17.4 Å². The van der Waals surface area contributed by atoms with Gasteiger partial charge in [-0.05, 0) is 37.2 Å². The number of likely N-dealkylation sites (N-methyl/N-ethyl adjacent to an activating group) is 1. The standard InChI is InChI=1S/C17H15ClFNO/c1-20-15(9-11-5-2-3-7-13(11)18)16-10-12-6-4-8-14(19)17(12)21-16/h2-8,10,15,20H,9H2,1H3. The lowest BCUT2D eigenvalue weighted by atomic mass is 10.0. The van der Waals surface area contributed by atoms with Gasteiger partial charge in [0, 0.05) is 10.4 Å². The quantitative estimate of drug-likeness (QED) is 0.754. The monoisotopic (exact) mass is 303 g/mol. The van der Waals surface area contributed by atoms with Crippen LogP contribution in [0, 0.1) is 5.82 Å². The average Bonchev–Trinajstić information content (AvgIpc) is 2.92. The summed E-state index contributed by atoms with van der Waals surface area (Å²) in [5, 5.41) is 4.69. The molecule has 0 radical (unpaired) electrons. The molecule has 0 saturated heterocycles. The Morgan fingerprint density at radius 3 is 2.71 bits per heavy atom. The smallest absolute Gasteiger partial charge is 0.169 e. The first kappa shape index (κ1) is 14.1. The second-order valence-corrected chi connectivity index (χ2v) is 5.35. The zero-order valence-corrected chi connectivity index (χ0v) is 12.3. The van der Waals surface area contributed by atoms with Gasteiger partial charge in [-0.15, -0.1) is 0 Å². The van der Waals surface area contributed by atoms with E-state index in [4.69, 9.17) is 16.0 Å². The molecule has 2 aromatic carbocycles. The molecule has 0 aliphatic rings. The third-order valence-electron chi connectivity index (χ3n) is 3.59. The van der Waals surface area contributed by atoms with Crippen LogP contribution < -0.4 is 5.32 Å². The number of hydrogen-bond donors (Lipinski definition) is 1. The van der Waals surface area contributed by atoms with Crippen molar-refractivity contribution in [2.75, 3.05) is 7.05 Å². The molecular formula is C17H15ClFNO. The Morgan fingerprint density at radius 2 is 2.00 bits per heavy atom. The third-order valence-corrected chi connectivity index (χ3v) is 3.96. The van der Waals surface area contributed by atoms with Gasteiger partial charge in [0.25, 0.3) is 0 Å². The number of benzene rings is 2. The highest BCUT2D eigenvalue weighted by molar-refractivity contribution is 6.31. The van der Waals surface area contributed by atoms with E-state index < -0.39 is 0 Å². The first-order valence-corrected chi connectivity index (χ1v) is 7.15. The summed E-state index contributed by atoms with van der Waals surface area (Å²) in [6, 6.07) is 14.4. The van der Waals surface area contributed by atoms with Gasteiger partial charge in [0.15, 0.2) is 11.4 Å². The largest absolute Gasteiger partial charge is 0.456 e. The SMILES string of the molecule is CNC(Cc1ccccc1Cl)c1cc2cccc(F)c2o1. The lowest BCUT2D eigenvalue weighted by Gasteiger charge is -2.14. The molecule has 3 aromatic rings. The van der Waals surface area contributed by atoms with E-state index in [0.29, 0.717) is 17.8 Å². The molecule has 108 valence electrons. The van der Waals surface area contributed by atoms with Gasteiger partial charge in [-0.25, -0.2) is 4.39 Å². The number of hydrogen-bond acceptors (Lipinski definition) is 2. The Kier molecular flexibility index (Phi) is 3.95. The highest BCUT2D eigenvalue weighted by atomic mass is 35.5. The van der Waals surface area contributed by atoms with E-state index >= 15 is 0 Å². The number of fused-ring (bicyclic) bond motifs is 1. The molecule has 0 saturated carbocycles. The molecule has 0 fully saturated rings. The van der Waals surface area contributed by atoms with E-state index in [1.54, 1.807) is 6.07 Å². The average molecular weight is 304 g/mol. The summed E-state index contributed by atoms with van der Waals surface area (Å²) in [5.41, 5.74) is 1.33. The summed E-state index contributed by atoms with van der Waals surface area (Å²) in [5.74, 6) is 0.365. The predicted octanol–water partition coefficient (Wildman–Crippen LogP) is 4.73. The summed E-state index contributed by atoms with van der Waals surface area (Å²) in [7, 11) is 1.85. The molecule has 1 atom stereocenters. The number of halogens is 2. The van der Waals surface area contributed by atoms with Crippen LogP contribution >= 0.6 is 11.6 Å². The fourth-order valence-electron chi connectivity index (χ4n) is 2.45. The molecule has 1 aromatic heterocycles. The molecule has 2 nitrogen and oxygen atoms in total. The molecular weight excluding hydrogens is 289 g/mol. The topological polar surface area (TPSA) is 25.2 Å². The van der Waals surface area contributed by atoms with E-state index in [1.807, 2.05) is 43.4 Å². The Balaban J connectivity index is 1.95. The van der Waals surface area contributed by atoms with Crippen molar-refractivity contribution >= 4 is 22.6 Å². The van der Waals surface area contributed by atoms with Crippen LogP contribution in [-0.4, -0.2) is 7.05 Å². The maximum Gasteiger partial charge on any atom is 0.169 e. The first-order chi connectivity index (χ1) is 10.2. The van der Waals surface area contributed by atoms with Gasteiger partial charge in [0.1, 0.15) is 5.76 Å². The Bertz CT molecular complexity index is 768. The summed E-state index contributed by atoms with van der Waals surface area (Å²) in [6.07, 6.45) is 0.678. The summed E-state index contributed by atoms with van der Waals surface area (Å²) in [6.45, 7) is 0. The van der Waals surface area contributed by atoms with Crippen LogP contribution in [0.5, 0.6) is 0 Å². The van der Waals surface area contributed by atoms with Crippen molar-refractivity contribution in [2.24, 2.45) is 0 Å². The van der Waals surface area contributed by atoms with E-state index in [-0.39, 0.29) is 11.9 Å². The molecule has 0 bridgehead atoms. The van der Waals surface area contributed by atoms with Crippen molar-refractivity contribution in [3.05, 3.63) is 70.7 Å². The minimum Gasteiger partial charge on any atom is -0.456 e.